The summed E-state index contributed by atoms with van der Waals surface area (Å²) in [6, 6.07) is 4.99. The van der Waals surface area contributed by atoms with E-state index in [1.165, 1.54) is 10.7 Å². The van der Waals surface area contributed by atoms with Crippen LogP contribution in [0.2, 0.25) is 0 Å². The molecule has 5 heteroatoms. The Morgan fingerprint density at radius 1 is 1.50 bits per heavy atom. The number of rotatable bonds is 1. The monoisotopic (exact) mass is 279 g/mol. The molecule has 1 heterocycles. The zero-order valence-electron chi connectivity index (χ0n) is 8.41. The minimum absolute atomic E-state index is 0.167. The highest BCUT2D eigenvalue weighted by atomic mass is 79.9. The topological polar surface area (TPSA) is 41.6 Å². The van der Waals surface area contributed by atoms with Gasteiger partial charge in [0.05, 0.1) is 16.2 Å². The van der Waals surface area contributed by atoms with Crippen LogP contribution >= 0.6 is 15.9 Å². The van der Waals surface area contributed by atoms with Crippen molar-refractivity contribution in [2.24, 2.45) is 0 Å². The maximum absolute atomic E-state index is 13.9. The van der Waals surface area contributed by atoms with Gasteiger partial charge in [0.25, 0.3) is 0 Å². The Morgan fingerprint density at radius 2 is 2.25 bits per heavy atom. The maximum atomic E-state index is 13.9. The average Bonchev–Trinajstić information content (AvgIpc) is 2.69. The molecule has 80 valence electrons. The molecule has 0 N–H and O–H groups in total. The molecule has 16 heavy (non-hydrogen) atoms. The van der Waals surface area contributed by atoms with Crippen LogP contribution in [0.15, 0.2) is 29.0 Å². The summed E-state index contributed by atoms with van der Waals surface area (Å²) >= 11 is 3.06. The lowest BCUT2D eigenvalue weighted by molar-refractivity contribution is 0.604. The van der Waals surface area contributed by atoms with Gasteiger partial charge >= 0.3 is 0 Å². The summed E-state index contributed by atoms with van der Waals surface area (Å²) < 4.78 is 15.5. The summed E-state index contributed by atoms with van der Waals surface area (Å²) in [6.07, 6.45) is 3.36. The van der Waals surface area contributed by atoms with E-state index < -0.39 is 5.82 Å². The molecule has 0 fully saturated rings. The molecule has 0 unspecified atom stereocenters. The largest absolute Gasteiger partial charge is 0.238 e. The lowest BCUT2D eigenvalue weighted by atomic mass is 10.2. The molecule has 0 atom stereocenters. The zero-order valence-corrected chi connectivity index (χ0v) is 9.99. The van der Waals surface area contributed by atoms with Crippen LogP contribution in [0.4, 0.5) is 4.39 Å². The number of halogens is 2. The molecule has 0 spiro atoms. The predicted octanol–water partition coefficient (Wildman–Crippen LogP) is 2.95. The fraction of sp³-hybridized carbons (Fsp3) is 0.0909. The van der Waals surface area contributed by atoms with Crippen molar-refractivity contribution in [1.82, 2.24) is 9.78 Å². The van der Waals surface area contributed by atoms with Crippen molar-refractivity contribution >= 4 is 15.9 Å². The van der Waals surface area contributed by atoms with Gasteiger partial charge in [-0.2, -0.15) is 10.4 Å². The van der Waals surface area contributed by atoms with Gasteiger partial charge in [0.2, 0.25) is 0 Å². The van der Waals surface area contributed by atoms with Crippen molar-refractivity contribution in [2.75, 3.05) is 0 Å². The smallest absolute Gasteiger partial charge is 0.164 e. The van der Waals surface area contributed by atoms with Crippen LogP contribution in [0.1, 0.15) is 11.1 Å². The van der Waals surface area contributed by atoms with E-state index in [-0.39, 0.29) is 10.0 Å². The Morgan fingerprint density at radius 3 is 2.81 bits per heavy atom. The van der Waals surface area contributed by atoms with Crippen molar-refractivity contribution in [2.45, 2.75) is 6.92 Å². The molecule has 0 aliphatic carbocycles. The zero-order chi connectivity index (χ0) is 11.7. The van der Waals surface area contributed by atoms with Gasteiger partial charge in [-0.05, 0) is 40.5 Å². The number of benzene rings is 1. The fourth-order valence-electron chi connectivity index (χ4n) is 1.35. The van der Waals surface area contributed by atoms with Crippen LogP contribution in [0.25, 0.3) is 5.69 Å². The first-order valence-electron chi connectivity index (χ1n) is 4.53. The van der Waals surface area contributed by atoms with E-state index in [1.54, 1.807) is 18.5 Å². The van der Waals surface area contributed by atoms with Gasteiger partial charge in [-0.1, -0.05) is 0 Å². The Kier molecular flexibility index (Phi) is 2.75. The van der Waals surface area contributed by atoms with E-state index in [4.69, 9.17) is 5.26 Å². The molecular formula is C11H7BrFN3. The number of nitrogens with zero attached hydrogens (tertiary/aromatic N) is 3. The van der Waals surface area contributed by atoms with E-state index >= 15 is 0 Å². The van der Waals surface area contributed by atoms with Crippen molar-refractivity contribution in [3.8, 4) is 11.8 Å². The highest BCUT2D eigenvalue weighted by Gasteiger charge is 2.12. The predicted molar refractivity (Wildman–Crippen MR) is 60.7 cm³/mol. The first-order valence-corrected chi connectivity index (χ1v) is 5.32. The lowest BCUT2D eigenvalue weighted by Crippen LogP contribution is -1.99. The summed E-state index contributed by atoms with van der Waals surface area (Å²) in [6.45, 7) is 1.88. The summed E-state index contributed by atoms with van der Waals surface area (Å²) in [5, 5.41) is 12.8. The van der Waals surface area contributed by atoms with Crippen LogP contribution in [0.5, 0.6) is 0 Å². The molecule has 1 aromatic carbocycles. The highest BCUT2D eigenvalue weighted by molar-refractivity contribution is 9.10. The molecule has 0 bridgehead atoms. The van der Waals surface area contributed by atoms with Crippen LogP contribution in [0, 0.1) is 24.1 Å². The maximum Gasteiger partial charge on any atom is 0.164 e. The third kappa shape index (κ3) is 1.72. The molecule has 0 saturated carbocycles. The van der Waals surface area contributed by atoms with E-state index in [2.05, 4.69) is 21.0 Å². The summed E-state index contributed by atoms with van der Waals surface area (Å²) in [5.41, 5.74) is 1.53. The SMILES string of the molecule is Cc1cnn(-c2ccc(C#N)c(Br)c2F)c1. The number of hydrogen-bond donors (Lipinski definition) is 0. The Balaban J connectivity index is 2.60. The van der Waals surface area contributed by atoms with Crippen molar-refractivity contribution < 1.29 is 4.39 Å². The molecule has 2 rings (SSSR count). The fourth-order valence-corrected chi connectivity index (χ4v) is 1.77. The normalized spacial score (nSPS) is 10.1. The lowest BCUT2D eigenvalue weighted by Gasteiger charge is -2.05. The number of hydrogen-bond acceptors (Lipinski definition) is 2. The number of aryl methyl sites for hydroxylation is 1. The van der Waals surface area contributed by atoms with E-state index in [0.29, 0.717) is 5.69 Å². The Hall–Kier alpha value is -1.67. The van der Waals surface area contributed by atoms with Gasteiger partial charge in [-0.3, -0.25) is 0 Å². The molecule has 0 aliphatic heterocycles. The molecule has 0 aliphatic rings. The summed E-state index contributed by atoms with van der Waals surface area (Å²) in [5.74, 6) is -0.484. The molecule has 1 aromatic heterocycles. The van der Waals surface area contributed by atoms with Crippen LogP contribution in [0.3, 0.4) is 0 Å². The summed E-state index contributed by atoms with van der Waals surface area (Å²) in [7, 11) is 0. The van der Waals surface area contributed by atoms with E-state index in [9.17, 15) is 4.39 Å². The van der Waals surface area contributed by atoms with E-state index in [0.717, 1.165) is 5.56 Å². The molecule has 2 aromatic rings. The minimum Gasteiger partial charge on any atom is -0.238 e. The second kappa shape index (κ2) is 4.06. The molecule has 0 radical (unpaired) electrons. The second-order valence-corrected chi connectivity index (χ2v) is 4.13. The number of aromatic nitrogens is 2. The average molecular weight is 280 g/mol. The molecule has 3 nitrogen and oxygen atoms in total. The standard InChI is InChI=1S/C11H7BrFN3/c1-7-5-15-16(6-7)9-3-2-8(4-14)10(12)11(9)13/h2-3,5-6H,1H3. The molecule has 0 saturated heterocycles. The van der Waals surface area contributed by atoms with Gasteiger partial charge in [0.15, 0.2) is 5.82 Å². The van der Waals surface area contributed by atoms with Gasteiger partial charge < -0.3 is 0 Å². The highest BCUT2D eigenvalue weighted by Crippen LogP contribution is 2.25. The Bertz CT molecular complexity index is 583. The Labute approximate surface area is 100 Å². The summed E-state index contributed by atoms with van der Waals surface area (Å²) in [4.78, 5) is 0. The van der Waals surface area contributed by atoms with Crippen LogP contribution in [-0.2, 0) is 0 Å². The first-order chi connectivity index (χ1) is 7.63. The molecule has 0 amide bonds. The number of nitriles is 1. The minimum atomic E-state index is -0.484. The third-order valence-corrected chi connectivity index (χ3v) is 2.92. The van der Waals surface area contributed by atoms with Gasteiger partial charge in [-0.15, -0.1) is 0 Å². The van der Waals surface area contributed by atoms with Crippen LogP contribution in [-0.4, -0.2) is 9.78 Å². The van der Waals surface area contributed by atoms with E-state index in [1.807, 2.05) is 13.0 Å². The van der Waals surface area contributed by atoms with Crippen molar-refractivity contribution in [3.63, 3.8) is 0 Å². The second-order valence-electron chi connectivity index (χ2n) is 3.33. The van der Waals surface area contributed by atoms with Gasteiger partial charge in [0, 0.05) is 6.20 Å². The first kappa shape index (κ1) is 10.8. The quantitative estimate of drug-likeness (QED) is 0.805. The van der Waals surface area contributed by atoms with Gasteiger partial charge in [0.1, 0.15) is 11.8 Å². The van der Waals surface area contributed by atoms with Crippen LogP contribution < -0.4 is 0 Å². The molecular weight excluding hydrogens is 273 g/mol. The van der Waals surface area contributed by atoms with Gasteiger partial charge in [-0.25, -0.2) is 9.07 Å². The van der Waals surface area contributed by atoms with Crippen molar-refractivity contribution in [3.05, 3.63) is 45.9 Å². The van der Waals surface area contributed by atoms with Crippen molar-refractivity contribution in [1.29, 1.82) is 5.26 Å². The third-order valence-electron chi connectivity index (χ3n) is 2.14.